The first-order chi connectivity index (χ1) is 8.53. The van der Waals surface area contributed by atoms with E-state index in [-0.39, 0.29) is 5.41 Å². The lowest BCUT2D eigenvalue weighted by Gasteiger charge is -2.25. The van der Waals surface area contributed by atoms with Gasteiger partial charge in [0, 0.05) is 18.9 Å². The summed E-state index contributed by atoms with van der Waals surface area (Å²) in [6, 6.07) is 6.06. The second-order valence-corrected chi connectivity index (χ2v) is 5.10. The molecule has 0 saturated carbocycles. The van der Waals surface area contributed by atoms with Crippen LogP contribution in [0.25, 0.3) is 11.1 Å². The van der Waals surface area contributed by atoms with Crippen LogP contribution >= 0.6 is 0 Å². The zero-order chi connectivity index (χ0) is 13.2. The van der Waals surface area contributed by atoms with Gasteiger partial charge < -0.3 is 14.5 Å². The quantitative estimate of drug-likeness (QED) is 0.649. The fraction of sp³-hybridized carbons (Fsp3) is 0.429. The molecule has 4 heteroatoms. The van der Waals surface area contributed by atoms with Crippen molar-refractivity contribution in [2.24, 2.45) is 0 Å². The highest BCUT2D eigenvalue weighted by atomic mass is 16.3. The summed E-state index contributed by atoms with van der Waals surface area (Å²) < 4.78 is 5.54. The standard InChI is InChI=1S/C14H18N2O2/c1-10-16-12-5-4-11(8-13(12)18-10)14(2,3)9-15-6-7-17/h4-5,7-8,15H,6,9H2,1-3H3. The summed E-state index contributed by atoms with van der Waals surface area (Å²) in [6.45, 7) is 7.23. The largest absolute Gasteiger partial charge is 0.441 e. The van der Waals surface area contributed by atoms with E-state index in [2.05, 4.69) is 30.2 Å². The third-order valence-corrected chi connectivity index (χ3v) is 3.07. The summed E-state index contributed by atoms with van der Waals surface area (Å²) in [5.41, 5.74) is 2.81. The van der Waals surface area contributed by atoms with Gasteiger partial charge in [0.25, 0.3) is 0 Å². The van der Waals surface area contributed by atoms with E-state index >= 15 is 0 Å². The minimum atomic E-state index is -0.0576. The molecule has 4 nitrogen and oxygen atoms in total. The van der Waals surface area contributed by atoms with Crippen LogP contribution in [0.4, 0.5) is 0 Å². The highest BCUT2D eigenvalue weighted by Gasteiger charge is 2.21. The van der Waals surface area contributed by atoms with Crippen molar-refractivity contribution >= 4 is 17.4 Å². The Labute approximate surface area is 106 Å². The molecule has 1 aromatic carbocycles. The molecule has 0 amide bonds. The lowest BCUT2D eigenvalue weighted by Crippen LogP contribution is -2.33. The molecule has 0 saturated heterocycles. The predicted octanol–water partition coefficient (Wildman–Crippen LogP) is 2.20. The Kier molecular flexibility index (Phi) is 3.48. The molecule has 1 aromatic heterocycles. The molecule has 0 aliphatic carbocycles. The average molecular weight is 246 g/mol. The maximum absolute atomic E-state index is 10.3. The van der Waals surface area contributed by atoms with Crippen LogP contribution in [0.5, 0.6) is 0 Å². The zero-order valence-electron chi connectivity index (χ0n) is 11.0. The Balaban J connectivity index is 2.25. The van der Waals surface area contributed by atoms with Crippen LogP contribution in [0.15, 0.2) is 22.6 Å². The molecule has 18 heavy (non-hydrogen) atoms. The molecule has 0 aliphatic rings. The van der Waals surface area contributed by atoms with Crippen LogP contribution in [0.2, 0.25) is 0 Å². The summed E-state index contributed by atoms with van der Waals surface area (Å²) in [5, 5.41) is 3.11. The van der Waals surface area contributed by atoms with Crippen molar-refractivity contribution in [3.8, 4) is 0 Å². The molecule has 0 radical (unpaired) electrons. The van der Waals surface area contributed by atoms with E-state index in [0.717, 1.165) is 23.9 Å². The van der Waals surface area contributed by atoms with Gasteiger partial charge in [-0.05, 0) is 17.7 Å². The van der Waals surface area contributed by atoms with E-state index in [1.165, 1.54) is 5.56 Å². The Bertz CT molecular complexity index is 558. The molecule has 0 spiro atoms. The van der Waals surface area contributed by atoms with Crippen LogP contribution < -0.4 is 5.32 Å². The second-order valence-electron chi connectivity index (χ2n) is 5.10. The van der Waals surface area contributed by atoms with Gasteiger partial charge in [-0.1, -0.05) is 19.9 Å². The van der Waals surface area contributed by atoms with Gasteiger partial charge in [0.1, 0.15) is 11.8 Å². The fourth-order valence-corrected chi connectivity index (χ4v) is 2.01. The smallest absolute Gasteiger partial charge is 0.192 e. The molecule has 2 aromatic rings. The molecule has 1 heterocycles. The molecule has 96 valence electrons. The van der Waals surface area contributed by atoms with Gasteiger partial charge in [0.05, 0.1) is 6.54 Å². The van der Waals surface area contributed by atoms with Crippen molar-refractivity contribution in [1.29, 1.82) is 0 Å². The van der Waals surface area contributed by atoms with E-state index in [0.29, 0.717) is 12.4 Å². The number of oxazole rings is 1. The summed E-state index contributed by atoms with van der Waals surface area (Å²) in [6.07, 6.45) is 0.874. The van der Waals surface area contributed by atoms with Gasteiger partial charge in [-0.25, -0.2) is 4.98 Å². The van der Waals surface area contributed by atoms with Crippen LogP contribution in [0.3, 0.4) is 0 Å². The monoisotopic (exact) mass is 246 g/mol. The third-order valence-electron chi connectivity index (χ3n) is 3.07. The Morgan fingerprint density at radius 1 is 1.44 bits per heavy atom. The van der Waals surface area contributed by atoms with Crippen molar-refractivity contribution in [1.82, 2.24) is 10.3 Å². The Hall–Kier alpha value is -1.68. The molecule has 0 aliphatic heterocycles. The van der Waals surface area contributed by atoms with Gasteiger partial charge in [0.2, 0.25) is 0 Å². The average Bonchev–Trinajstić information content (AvgIpc) is 2.68. The van der Waals surface area contributed by atoms with Crippen molar-refractivity contribution in [3.05, 3.63) is 29.7 Å². The number of carbonyl (C=O) groups excluding carboxylic acids is 1. The fourth-order valence-electron chi connectivity index (χ4n) is 2.01. The zero-order valence-corrected chi connectivity index (χ0v) is 11.0. The number of hydrogen-bond donors (Lipinski definition) is 1. The maximum atomic E-state index is 10.3. The SMILES string of the molecule is Cc1nc2ccc(C(C)(C)CNCC=O)cc2o1. The molecular formula is C14H18N2O2. The molecular weight excluding hydrogens is 228 g/mol. The second kappa shape index (κ2) is 4.90. The van der Waals surface area contributed by atoms with Crippen molar-refractivity contribution < 1.29 is 9.21 Å². The summed E-state index contributed by atoms with van der Waals surface area (Å²) >= 11 is 0. The number of nitrogens with one attached hydrogen (secondary N) is 1. The lowest BCUT2D eigenvalue weighted by atomic mass is 9.84. The molecule has 0 bridgehead atoms. The topological polar surface area (TPSA) is 55.1 Å². The number of nitrogens with zero attached hydrogens (tertiary/aromatic N) is 1. The number of benzene rings is 1. The lowest BCUT2D eigenvalue weighted by molar-refractivity contribution is -0.107. The number of hydrogen-bond acceptors (Lipinski definition) is 4. The number of aryl methyl sites for hydroxylation is 1. The molecule has 0 atom stereocenters. The first-order valence-corrected chi connectivity index (χ1v) is 6.05. The third kappa shape index (κ3) is 2.59. The highest BCUT2D eigenvalue weighted by molar-refractivity contribution is 5.73. The molecule has 1 N–H and O–H groups in total. The van der Waals surface area contributed by atoms with E-state index < -0.39 is 0 Å². The summed E-state index contributed by atoms with van der Waals surface area (Å²) in [5.74, 6) is 0.680. The number of aldehydes is 1. The maximum Gasteiger partial charge on any atom is 0.192 e. The number of rotatable bonds is 5. The van der Waals surface area contributed by atoms with Crippen molar-refractivity contribution in [2.45, 2.75) is 26.2 Å². The number of aromatic nitrogens is 1. The van der Waals surface area contributed by atoms with Gasteiger partial charge in [-0.3, -0.25) is 0 Å². The number of fused-ring (bicyclic) bond motifs is 1. The Morgan fingerprint density at radius 2 is 2.22 bits per heavy atom. The minimum absolute atomic E-state index is 0.0576. The first-order valence-electron chi connectivity index (χ1n) is 6.05. The Morgan fingerprint density at radius 3 is 2.94 bits per heavy atom. The summed E-state index contributed by atoms with van der Waals surface area (Å²) in [7, 11) is 0. The minimum Gasteiger partial charge on any atom is -0.441 e. The van der Waals surface area contributed by atoms with Gasteiger partial charge in [0.15, 0.2) is 11.5 Å². The van der Waals surface area contributed by atoms with Crippen LogP contribution in [-0.4, -0.2) is 24.4 Å². The van der Waals surface area contributed by atoms with Gasteiger partial charge >= 0.3 is 0 Å². The van der Waals surface area contributed by atoms with Crippen molar-refractivity contribution in [2.75, 3.05) is 13.1 Å². The summed E-state index contributed by atoms with van der Waals surface area (Å²) in [4.78, 5) is 14.6. The van der Waals surface area contributed by atoms with Crippen LogP contribution in [0.1, 0.15) is 25.3 Å². The number of carbonyl (C=O) groups is 1. The van der Waals surface area contributed by atoms with Crippen LogP contribution in [-0.2, 0) is 10.2 Å². The normalized spacial score (nSPS) is 11.9. The van der Waals surface area contributed by atoms with E-state index in [1.807, 2.05) is 19.1 Å². The van der Waals surface area contributed by atoms with E-state index in [9.17, 15) is 4.79 Å². The predicted molar refractivity (Wildman–Crippen MR) is 70.7 cm³/mol. The van der Waals surface area contributed by atoms with Crippen molar-refractivity contribution in [3.63, 3.8) is 0 Å². The van der Waals surface area contributed by atoms with Crippen LogP contribution in [0, 0.1) is 6.92 Å². The molecule has 0 unspecified atom stereocenters. The van der Waals surface area contributed by atoms with Gasteiger partial charge in [-0.2, -0.15) is 0 Å². The van der Waals surface area contributed by atoms with Gasteiger partial charge in [-0.15, -0.1) is 0 Å². The molecule has 2 rings (SSSR count). The molecule has 0 fully saturated rings. The first kappa shape index (κ1) is 12.8. The van der Waals surface area contributed by atoms with E-state index in [1.54, 1.807) is 0 Å². The highest BCUT2D eigenvalue weighted by Crippen LogP contribution is 2.26. The van der Waals surface area contributed by atoms with E-state index in [4.69, 9.17) is 4.42 Å².